The minimum absolute atomic E-state index is 0.0454. The predicted octanol–water partition coefficient (Wildman–Crippen LogP) is 5.67. The highest BCUT2D eigenvalue weighted by Gasteiger charge is 2.45. The van der Waals surface area contributed by atoms with Gasteiger partial charge in [0.2, 0.25) is 0 Å². The van der Waals surface area contributed by atoms with E-state index in [1.54, 1.807) is 7.11 Å². The first-order chi connectivity index (χ1) is 14.0. The van der Waals surface area contributed by atoms with Crippen LogP contribution >= 0.6 is 0 Å². The number of nitrogens with zero attached hydrogens (tertiary/aromatic N) is 1. The summed E-state index contributed by atoms with van der Waals surface area (Å²) in [6.45, 7) is 4.22. The van der Waals surface area contributed by atoms with E-state index in [-0.39, 0.29) is 11.5 Å². The number of fused-ring (bicyclic) bond motifs is 1. The highest BCUT2D eigenvalue weighted by atomic mass is 16.5. The van der Waals surface area contributed by atoms with Crippen molar-refractivity contribution in [3.05, 3.63) is 53.6 Å². The minimum Gasteiger partial charge on any atom is -0.497 e. The molecule has 0 amide bonds. The van der Waals surface area contributed by atoms with E-state index >= 15 is 0 Å². The third-order valence-corrected chi connectivity index (χ3v) is 6.35. The third-order valence-electron chi connectivity index (χ3n) is 6.35. The molecule has 29 heavy (non-hydrogen) atoms. The Morgan fingerprint density at radius 1 is 1.10 bits per heavy atom. The molecule has 2 aromatic rings. The average molecular weight is 391 g/mol. The molecule has 0 atom stereocenters. The summed E-state index contributed by atoms with van der Waals surface area (Å²) in [5.74, 6) is 0.858. The molecule has 0 bridgehead atoms. The number of benzene rings is 2. The summed E-state index contributed by atoms with van der Waals surface area (Å²) < 4.78 is 11.5. The van der Waals surface area contributed by atoms with Crippen LogP contribution in [0.1, 0.15) is 50.7 Å². The molecule has 1 fully saturated rings. The second-order valence-electron chi connectivity index (χ2n) is 8.55. The van der Waals surface area contributed by atoms with Gasteiger partial charge in [-0.3, -0.25) is 5.41 Å². The van der Waals surface area contributed by atoms with E-state index in [4.69, 9.17) is 14.9 Å². The Balaban J connectivity index is 1.65. The summed E-state index contributed by atoms with van der Waals surface area (Å²) in [4.78, 5) is 4.59. The van der Waals surface area contributed by atoms with Gasteiger partial charge in [0.15, 0.2) is 0 Å². The Labute approximate surface area is 173 Å². The Morgan fingerprint density at radius 2 is 1.86 bits per heavy atom. The quantitative estimate of drug-likeness (QED) is 0.528. The van der Waals surface area contributed by atoms with Crippen LogP contribution < -0.4 is 4.74 Å². The van der Waals surface area contributed by atoms with Gasteiger partial charge in [-0.1, -0.05) is 24.3 Å². The maximum Gasteiger partial charge on any atom is 0.119 e. The molecule has 0 aliphatic heterocycles. The molecule has 4 heteroatoms. The van der Waals surface area contributed by atoms with Gasteiger partial charge in [0, 0.05) is 11.0 Å². The first-order valence-electron chi connectivity index (χ1n) is 10.5. The standard InChI is InChI=1S/C25H30N2O2/c1-17(2)29-21-9-11-25(12-10-21)15-20-8-7-19(14-23(20)24(25)27-16-26)18-5-4-6-22(13-18)28-3/h4-8,13-14,16-17,21,26H,9-12,15H2,1-3H3/b26-16?,27-24-/t21-,25-. The van der Waals surface area contributed by atoms with E-state index in [0.29, 0.717) is 6.10 Å². The fourth-order valence-corrected chi connectivity index (χ4v) is 5.02. The van der Waals surface area contributed by atoms with E-state index in [1.807, 2.05) is 12.1 Å². The molecule has 4 nitrogen and oxygen atoms in total. The maximum absolute atomic E-state index is 7.66. The number of aliphatic imine (C=N–C) groups is 1. The van der Waals surface area contributed by atoms with Crippen molar-refractivity contribution in [2.75, 3.05) is 7.11 Å². The van der Waals surface area contributed by atoms with Gasteiger partial charge in [-0.05, 0) is 80.8 Å². The van der Waals surface area contributed by atoms with Gasteiger partial charge in [0.05, 0.1) is 25.0 Å². The Bertz CT molecular complexity index is 924. The van der Waals surface area contributed by atoms with Crippen LogP contribution in [0.25, 0.3) is 11.1 Å². The van der Waals surface area contributed by atoms with E-state index in [9.17, 15) is 0 Å². The van der Waals surface area contributed by atoms with Gasteiger partial charge in [-0.2, -0.15) is 0 Å². The topological polar surface area (TPSA) is 54.7 Å². The zero-order chi connectivity index (χ0) is 20.4. The lowest BCUT2D eigenvalue weighted by molar-refractivity contribution is -0.0250. The largest absolute Gasteiger partial charge is 0.497 e. The van der Waals surface area contributed by atoms with Crippen LogP contribution in [0.15, 0.2) is 47.5 Å². The lowest BCUT2D eigenvalue weighted by Crippen LogP contribution is -2.37. The zero-order valence-electron chi connectivity index (χ0n) is 17.6. The van der Waals surface area contributed by atoms with Crippen LogP contribution in [0.2, 0.25) is 0 Å². The monoisotopic (exact) mass is 390 g/mol. The van der Waals surface area contributed by atoms with Crippen molar-refractivity contribution in [3.63, 3.8) is 0 Å². The molecule has 1 spiro atoms. The summed E-state index contributed by atoms with van der Waals surface area (Å²) >= 11 is 0. The first-order valence-corrected chi connectivity index (χ1v) is 10.5. The Kier molecular flexibility index (Phi) is 5.55. The number of ether oxygens (including phenoxy) is 2. The van der Waals surface area contributed by atoms with Crippen LogP contribution in [0.5, 0.6) is 5.75 Å². The van der Waals surface area contributed by atoms with Crippen LogP contribution in [-0.2, 0) is 11.2 Å². The molecule has 0 saturated heterocycles. The van der Waals surface area contributed by atoms with Gasteiger partial charge in [-0.25, -0.2) is 4.99 Å². The number of rotatable bonds is 5. The Morgan fingerprint density at radius 3 is 2.55 bits per heavy atom. The van der Waals surface area contributed by atoms with Gasteiger partial charge >= 0.3 is 0 Å². The van der Waals surface area contributed by atoms with Gasteiger partial charge < -0.3 is 9.47 Å². The van der Waals surface area contributed by atoms with Crippen molar-refractivity contribution in [1.82, 2.24) is 0 Å². The average Bonchev–Trinajstić information content (AvgIpc) is 3.02. The SMILES string of the molecule is COc1cccc(-c2ccc3c(c2)/C(=N/C=N)[C@]2(CC[C@H](OC(C)C)CC2)C3)c1. The Hall–Kier alpha value is -2.46. The molecule has 2 aliphatic rings. The van der Waals surface area contributed by atoms with Crippen LogP contribution in [-0.4, -0.2) is 31.4 Å². The molecule has 152 valence electrons. The van der Waals surface area contributed by atoms with Crippen LogP contribution in [0.3, 0.4) is 0 Å². The first kappa shape index (κ1) is 19.8. The second-order valence-corrected chi connectivity index (χ2v) is 8.55. The molecular weight excluding hydrogens is 360 g/mol. The fraction of sp³-hybridized carbons (Fsp3) is 0.440. The summed E-state index contributed by atoms with van der Waals surface area (Å²) in [5, 5.41) is 7.66. The molecule has 4 rings (SSSR count). The van der Waals surface area contributed by atoms with Crippen molar-refractivity contribution < 1.29 is 9.47 Å². The number of methoxy groups -OCH3 is 1. The molecule has 2 aliphatic carbocycles. The fourth-order valence-electron chi connectivity index (χ4n) is 5.02. The molecule has 0 unspecified atom stereocenters. The predicted molar refractivity (Wildman–Crippen MR) is 118 cm³/mol. The molecule has 1 N–H and O–H groups in total. The van der Waals surface area contributed by atoms with Crippen molar-refractivity contribution in [2.45, 2.75) is 58.2 Å². The van der Waals surface area contributed by atoms with E-state index < -0.39 is 0 Å². The van der Waals surface area contributed by atoms with E-state index in [0.717, 1.165) is 54.7 Å². The number of nitrogens with one attached hydrogen (secondary N) is 1. The molecular formula is C25H30N2O2. The highest BCUT2D eigenvalue weighted by Crippen LogP contribution is 2.49. The van der Waals surface area contributed by atoms with Crippen molar-refractivity contribution >= 4 is 12.1 Å². The van der Waals surface area contributed by atoms with Crippen LogP contribution in [0, 0.1) is 10.8 Å². The van der Waals surface area contributed by atoms with Crippen LogP contribution in [0.4, 0.5) is 0 Å². The number of hydrogen-bond acceptors (Lipinski definition) is 3. The minimum atomic E-state index is 0.0454. The van der Waals surface area contributed by atoms with Crippen molar-refractivity contribution in [2.24, 2.45) is 10.4 Å². The zero-order valence-corrected chi connectivity index (χ0v) is 17.6. The third kappa shape index (κ3) is 3.86. The summed E-state index contributed by atoms with van der Waals surface area (Å²) in [6.07, 6.45) is 7.11. The summed E-state index contributed by atoms with van der Waals surface area (Å²) in [7, 11) is 1.69. The summed E-state index contributed by atoms with van der Waals surface area (Å²) in [5.41, 5.74) is 5.99. The van der Waals surface area contributed by atoms with E-state index in [1.165, 1.54) is 17.5 Å². The van der Waals surface area contributed by atoms with Gasteiger partial charge in [0.1, 0.15) is 12.1 Å². The van der Waals surface area contributed by atoms with Gasteiger partial charge in [0.25, 0.3) is 0 Å². The van der Waals surface area contributed by atoms with E-state index in [2.05, 4.69) is 49.2 Å². The smallest absolute Gasteiger partial charge is 0.119 e. The summed E-state index contributed by atoms with van der Waals surface area (Å²) in [6, 6.07) is 14.8. The maximum atomic E-state index is 7.66. The lowest BCUT2D eigenvalue weighted by atomic mass is 9.70. The molecule has 0 aromatic heterocycles. The molecule has 0 radical (unpaired) electrons. The highest BCUT2D eigenvalue weighted by molar-refractivity contribution is 6.12. The van der Waals surface area contributed by atoms with Gasteiger partial charge in [-0.15, -0.1) is 0 Å². The van der Waals surface area contributed by atoms with Crippen molar-refractivity contribution in [3.8, 4) is 16.9 Å². The number of hydrogen-bond donors (Lipinski definition) is 1. The normalized spacial score (nSPS) is 24.8. The second kappa shape index (κ2) is 8.11. The molecule has 2 aromatic carbocycles. The molecule has 0 heterocycles. The lowest BCUT2D eigenvalue weighted by Gasteiger charge is -2.38. The van der Waals surface area contributed by atoms with Crippen molar-refractivity contribution in [1.29, 1.82) is 5.41 Å². The molecule has 1 saturated carbocycles.